The standard InChI is InChI=1S/C9H20N2O2/c1-7-6-11(3-4-13-7)8(2)9(12)5-10/h7-9,12H,3-6,10H2,1-2H3. The number of nitrogens with zero attached hydrogens (tertiary/aromatic N) is 1. The Hall–Kier alpha value is -0.160. The zero-order chi connectivity index (χ0) is 9.84. The van der Waals surface area contributed by atoms with Gasteiger partial charge in [0, 0.05) is 25.7 Å². The molecule has 0 spiro atoms. The van der Waals surface area contributed by atoms with Crippen LogP contribution in [0.4, 0.5) is 0 Å². The second-order valence-electron chi connectivity index (χ2n) is 3.72. The predicted molar refractivity (Wildman–Crippen MR) is 51.5 cm³/mol. The maximum Gasteiger partial charge on any atom is 0.0814 e. The van der Waals surface area contributed by atoms with E-state index < -0.39 is 6.10 Å². The minimum Gasteiger partial charge on any atom is -0.390 e. The van der Waals surface area contributed by atoms with Gasteiger partial charge in [-0.1, -0.05) is 0 Å². The lowest BCUT2D eigenvalue weighted by Gasteiger charge is -2.37. The van der Waals surface area contributed by atoms with Gasteiger partial charge in [-0.05, 0) is 13.8 Å². The number of nitrogens with two attached hydrogens (primary N) is 1. The van der Waals surface area contributed by atoms with E-state index in [0.717, 1.165) is 19.7 Å². The van der Waals surface area contributed by atoms with Crippen LogP contribution in [-0.4, -0.2) is 54.5 Å². The van der Waals surface area contributed by atoms with E-state index in [0.29, 0.717) is 6.54 Å². The average molecular weight is 188 g/mol. The fourth-order valence-corrected chi connectivity index (χ4v) is 1.66. The number of hydrogen-bond donors (Lipinski definition) is 2. The molecule has 3 atom stereocenters. The lowest BCUT2D eigenvalue weighted by molar-refractivity contribution is -0.0519. The highest BCUT2D eigenvalue weighted by atomic mass is 16.5. The zero-order valence-electron chi connectivity index (χ0n) is 8.44. The minimum absolute atomic E-state index is 0.136. The number of ether oxygens (including phenoxy) is 1. The summed E-state index contributed by atoms with van der Waals surface area (Å²) < 4.78 is 5.42. The van der Waals surface area contributed by atoms with Crippen molar-refractivity contribution in [1.29, 1.82) is 0 Å². The van der Waals surface area contributed by atoms with Crippen molar-refractivity contribution >= 4 is 0 Å². The van der Waals surface area contributed by atoms with E-state index in [-0.39, 0.29) is 12.1 Å². The molecule has 0 saturated carbocycles. The number of aliphatic hydroxyl groups is 1. The Morgan fingerprint density at radius 3 is 2.92 bits per heavy atom. The first-order chi connectivity index (χ1) is 6.15. The van der Waals surface area contributed by atoms with Crippen molar-refractivity contribution in [1.82, 2.24) is 4.90 Å². The molecule has 1 aliphatic heterocycles. The number of morpholine rings is 1. The molecule has 1 saturated heterocycles. The van der Waals surface area contributed by atoms with E-state index in [9.17, 15) is 5.11 Å². The fraction of sp³-hybridized carbons (Fsp3) is 1.00. The molecule has 1 rings (SSSR count). The van der Waals surface area contributed by atoms with Crippen molar-refractivity contribution in [3.63, 3.8) is 0 Å². The first-order valence-corrected chi connectivity index (χ1v) is 4.89. The molecule has 0 radical (unpaired) electrons. The van der Waals surface area contributed by atoms with Crippen LogP contribution in [0.2, 0.25) is 0 Å². The first-order valence-electron chi connectivity index (χ1n) is 4.89. The molecule has 78 valence electrons. The lowest BCUT2D eigenvalue weighted by atomic mass is 10.1. The van der Waals surface area contributed by atoms with Gasteiger partial charge in [0.1, 0.15) is 0 Å². The van der Waals surface area contributed by atoms with Crippen molar-refractivity contribution in [2.24, 2.45) is 5.73 Å². The molecule has 3 N–H and O–H groups in total. The van der Waals surface area contributed by atoms with E-state index in [1.54, 1.807) is 0 Å². The molecule has 0 bridgehead atoms. The van der Waals surface area contributed by atoms with Gasteiger partial charge in [0.25, 0.3) is 0 Å². The second kappa shape index (κ2) is 4.91. The smallest absolute Gasteiger partial charge is 0.0814 e. The van der Waals surface area contributed by atoms with Crippen LogP contribution in [0.25, 0.3) is 0 Å². The third-order valence-electron chi connectivity index (χ3n) is 2.65. The van der Waals surface area contributed by atoms with Crippen LogP contribution in [0.5, 0.6) is 0 Å². The van der Waals surface area contributed by atoms with Crippen LogP contribution in [0, 0.1) is 0 Å². The fourth-order valence-electron chi connectivity index (χ4n) is 1.66. The van der Waals surface area contributed by atoms with Gasteiger partial charge >= 0.3 is 0 Å². The van der Waals surface area contributed by atoms with Crippen LogP contribution in [-0.2, 0) is 4.74 Å². The summed E-state index contributed by atoms with van der Waals surface area (Å²) in [6.07, 6.45) is -0.161. The third-order valence-corrected chi connectivity index (χ3v) is 2.65. The quantitative estimate of drug-likeness (QED) is 0.622. The van der Waals surface area contributed by atoms with Crippen molar-refractivity contribution in [3.05, 3.63) is 0 Å². The van der Waals surface area contributed by atoms with E-state index in [2.05, 4.69) is 4.90 Å². The van der Waals surface area contributed by atoms with E-state index in [1.165, 1.54) is 0 Å². The van der Waals surface area contributed by atoms with Crippen LogP contribution < -0.4 is 5.73 Å². The Labute approximate surface area is 79.7 Å². The van der Waals surface area contributed by atoms with E-state index in [1.807, 2.05) is 13.8 Å². The van der Waals surface area contributed by atoms with Crippen molar-refractivity contribution in [2.75, 3.05) is 26.2 Å². The summed E-state index contributed by atoms with van der Waals surface area (Å²) in [6.45, 7) is 6.92. The molecule has 0 aromatic carbocycles. The Morgan fingerprint density at radius 1 is 1.69 bits per heavy atom. The van der Waals surface area contributed by atoms with Gasteiger partial charge in [0.15, 0.2) is 0 Å². The first kappa shape index (κ1) is 10.9. The molecule has 4 nitrogen and oxygen atoms in total. The largest absolute Gasteiger partial charge is 0.390 e. The Balaban J connectivity index is 2.41. The van der Waals surface area contributed by atoms with Gasteiger partial charge in [0.2, 0.25) is 0 Å². The lowest BCUT2D eigenvalue weighted by Crippen LogP contribution is -2.51. The van der Waals surface area contributed by atoms with Crippen molar-refractivity contribution in [3.8, 4) is 0 Å². The van der Waals surface area contributed by atoms with E-state index in [4.69, 9.17) is 10.5 Å². The van der Waals surface area contributed by atoms with Crippen LogP contribution in [0.3, 0.4) is 0 Å². The number of aliphatic hydroxyl groups excluding tert-OH is 1. The Bertz CT molecular complexity index is 155. The molecular weight excluding hydrogens is 168 g/mol. The van der Waals surface area contributed by atoms with Gasteiger partial charge in [0.05, 0.1) is 18.8 Å². The maximum absolute atomic E-state index is 9.56. The summed E-state index contributed by atoms with van der Waals surface area (Å²) in [4.78, 5) is 2.23. The molecule has 3 unspecified atom stereocenters. The van der Waals surface area contributed by atoms with Gasteiger partial charge in [-0.15, -0.1) is 0 Å². The molecule has 0 amide bonds. The SMILES string of the molecule is CC1CN(C(C)C(O)CN)CCO1. The molecule has 4 heteroatoms. The molecule has 1 heterocycles. The van der Waals surface area contributed by atoms with Gasteiger partial charge in [-0.2, -0.15) is 0 Å². The summed E-state index contributed by atoms with van der Waals surface area (Å²) in [5.41, 5.74) is 5.41. The molecular formula is C9H20N2O2. The maximum atomic E-state index is 9.56. The van der Waals surface area contributed by atoms with Crippen molar-refractivity contribution < 1.29 is 9.84 Å². The summed E-state index contributed by atoms with van der Waals surface area (Å²) in [5, 5.41) is 9.56. The summed E-state index contributed by atoms with van der Waals surface area (Å²) in [6, 6.07) is 0.136. The molecule has 1 fully saturated rings. The highest BCUT2D eigenvalue weighted by Gasteiger charge is 2.25. The Morgan fingerprint density at radius 2 is 2.38 bits per heavy atom. The van der Waals surface area contributed by atoms with Gasteiger partial charge in [-0.3, -0.25) is 4.90 Å². The highest BCUT2D eigenvalue weighted by Crippen LogP contribution is 2.10. The highest BCUT2D eigenvalue weighted by molar-refractivity contribution is 4.79. The zero-order valence-corrected chi connectivity index (χ0v) is 8.44. The van der Waals surface area contributed by atoms with Crippen LogP contribution >= 0.6 is 0 Å². The molecule has 0 aromatic rings. The Kier molecular flexibility index (Phi) is 4.12. The molecule has 0 aromatic heterocycles. The van der Waals surface area contributed by atoms with Gasteiger partial charge in [-0.25, -0.2) is 0 Å². The predicted octanol–water partition coefficient (Wildman–Crippen LogP) is -0.585. The van der Waals surface area contributed by atoms with Gasteiger partial charge < -0.3 is 15.6 Å². The normalized spacial score (nSPS) is 30.0. The minimum atomic E-state index is -0.426. The van der Waals surface area contributed by atoms with Crippen LogP contribution in [0.1, 0.15) is 13.8 Å². The van der Waals surface area contributed by atoms with Crippen LogP contribution in [0.15, 0.2) is 0 Å². The topological polar surface area (TPSA) is 58.7 Å². The van der Waals surface area contributed by atoms with E-state index >= 15 is 0 Å². The molecule has 13 heavy (non-hydrogen) atoms. The summed E-state index contributed by atoms with van der Waals surface area (Å²) in [7, 11) is 0. The summed E-state index contributed by atoms with van der Waals surface area (Å²) in [5.74, 6) is 0. The molecule has 1 aliphatic rings. The second-order valence-corrected chi connectivity index (χ2v) is 3.72. The summed E-state index contributed by atoms with van der Waals surface area (Å²) >= 11 is 0. The number of rotatable bonds is 3. The van der Waals surface area contributed by atoms with Crippen molar-refractivity contribution in [2.45, 2.75) is 32.1 Å². The monoisotopic (exact) mass is 188 g/mol. The number of hydrogen-bond acceptors (Lipinski definition) is 4. The molecule has 0 aliphatic carbocycles. The average Bonchev–Trinajstić information content (AvgIpc) is 2.15. The third kappa shape index (κ3) is 2.91.